The Hall–Kier alpha value is -2.69. The molecule has 0 radical (unpaired) electrons. The van der Waals surface area contributed by atoms with Crippen molar-refractivity contribution < 1.29 is 24.9 Å². The van der Waals surface area contributed by atoms with E-state index in [1.807, 2.05) is 0 Å². The second-order valence-electron chi connectivity index (χ2n) is 4.62. The van der Waals surface area contributed by atoms with Crippen LogP contribution < -0.4 is 4.74 Å². The number of Topliss-reactive ketones (excluding diaryl/α,β-unsaturated/α-hetero) is 1. The van der Waals surface area contributed by atoms with E-state index in [-0.39, 0.29) is 35.0 Å². The molecular weight excluding hydrogens is 272 g/mol. The highest BCUT2D eigenvalue weighted by atomic mass is 16.5. The molecule has 0 atom stereocenters. The monoisotopic (exact) mass is 288 g/mol. The van der Waals surface area contributed by atoms with Gasteiger partial charge >= 0.3 is 0 Å². The maximum atomic E-state index is 12.1. The van der Waals surface area contributed by atoms with Gasteiger partial charge in [-0.3, -0.25) is 4.79 Å². The van der Waals surface area contributed by atoms with Gasteiger partial charge in [0.1, 0.15) is 23.0 Å². The van der Waals surface area contributed by atoms with Crippen molar-refractivity contribution in [1.29, 1.82) is 0 Å². The zero-order valence-corrected chi connectivity index (χ0v) is 11.5. The summed E-state index contributed by atoms with van der Waals surface area (Å²) in [7, 11) is 1.49. The Morgan fingerprint density at radius 2 is 1.71 bits per heavy atom. The van der Waals surface area contributed by atoms with Crippen molar-refractivity contribution in [1.82, 2.24) is 0 Å². The molecule has 21 heavy (non-hydrogen) atoms. The van der Waals surface area contributed by atoms with Gasteiger partial charge < -0.3 is 20.1 Å². The fourth-order valence-corrected chi connectivity index (χ4v) is 2.08. The highest BCUT2D eigenvalue weighted by Crippen LogP contribution is 2.27. The third-order valence-corrected chi connectivity index (χ3v) is 3.17. The molecule has 2 aromatic rings. The number of carbonyl (C=O) groups is 1. The lowest BCUT2D eigenvalue weighted by Crippen LogP contribution is -2.02. The number of hydrogen-bond donors (Lipinski definition) is 3. The molecule has 0 spiro atoms. The number of carbonyl (C=O) groups excluding carboxylic acids is 1. The molecule has 3 N–H and O–H groups in total. The number of phenols is 3. The molecule has 5 heteroatoms. The molecule has 0 aliphatic rings. The predicted molar refractivity (Wildman–Crippen MR) is 77.1 cm³/mol. The average Bonchev–Trinajstić information content (AvgIpc) is 2.45. The van der Waals surface area contributed by atoms with Crippen LogP contribution in [0.5, 0.6) is 23.0 Å². The molecule has 2 rings (SSSR count). The summed E-state index contributed by atoms with van der Waals surface area (Å²) in [5.74, 6) is 0.0420. The molecule has 0 bridgehead atoms. The van der Waals surface area contributed by atoms with E-state index in [0.29, 0.717) is 12.2 Å². The molecule has 5 nitrogen and oxygen atoms in total. The number of aryl methyl sites for hydroxylation is 1. The van der Waals surface area contributed by atoms with Gasteiger partial charge in [-0.2, -0.15) is 0 Å². The zero-order valence-electron chi connectivity index (χ0n) is 11.5. The van der Waals surface area contributed by atoms with E-state index in [2.05, 4.69) is 0 Å². The van der Waals surface area contributed by atoms with Crippen LogP contribution >= 0.6 is 0 Å². The molecular formula is C16H16O5. The van der Waals surface area contributed by atoms with Crippen molar-refractivity contribution in [3.63, 3.8) is 0 Å². The number of methoxy groups -OCH3 is 1. The van der Waals surface area contributed by atoms with E-state index >= 15 is 0 Å². The largest absolute Gasteiger partial charge is 0.508 e. The minimum Gasteiger partial charge on any atom is -0.508 e. The lowest BCUT2D eigenvalue weighted by Gasteiger charge is -2.09. The maximum absolute atomic E-state index is 12.1. The zero-order chi connectivity index (χ0) is 15.4. The smallest absolute Gasteiger partial charge is 0.166 e. The van der Waals surface area contributed by atoms with Gasteiger partial charge in [0, 0.05) is 18.6 Å². The van der Waals surface area contributed by atoms with Crippen LogP contribution in [0.2, 0.25) is 0 Å². The Morgan fingerprint density at radius 3 is 2.38 bits per heavy atom. The maximum Gasteiger partial charge on any atom is 0.166 e. The first-order valence-corrected chi connectivity index (χ1v) is 6.42. The van der Waals surface area contributed by atoms with Crippen LogP contribution in [0.4, 0.5) is 0 Å². The van der Waals surface area contributed by atoms with Crippen LogP contribution in [0.25, 0.3) is 0 Å². The van der Waals surface area contributed by atoms with Crippen molar-refractivity contribution >= 4 is 5.78 Å². The number of ketones is 1. The van der Waals surface area contributed by atoms with Gasteiger partial charge in [0.15, 0.2) is 5.78 Å². The number of hydrogen-bond acceptors (Lipinski definition) is 5. The minimum absolute atomic E-state index is 0.0933. The Morgan fingerprint density at radius 1 is 1.05 bits per heavy atom. The molecule has 0 amide bonds. The summed E-state index contributed by atoms with van der Waals surface area (Å²) < 4.78 is 5.15. The van der Waals surface area contributed by atoms with Crippen LogP contribution in [-0.4, -0.2) is 28.2 Å². The van der Waals surface area contributed by atoms with Gasteiger partial charge in [-0.25, -0.2) is 0 Å². The lowest BCUT2D eigenvalue weighted by molar-refractivity contribution is 0.0980. The average molecular weight is 288 g/mol. The fourth-order valence-electron chi connectivity index (χ4n) is 2.08. The third kappa shape index (κ3) is 3.45. The van der Waals surface area contributed by atoms with Gasteiger partial charge in [0.2, 0.25) is 0 Å². The van der Waals surface area contributed by atoms with E-state index in [0.717, 1.165) is 11.6 Å². The van der Waals surface area contributed by atoms with Crippen molar-refractivity contribution in [3.05, 3.63) is 47.5 Å². The van der Waals surface area contributed by atoms with Gasteiger partial charge in [0.05, 0.1) is 12.7 Å². The van der Waals surface area contributed by atoms with Crippen LogP contribution in [0.15, 0.2) is 36.4 Å². The summed E-state index contributed by atoms with van der Waals surface area (Å²) in [5.41, 5.74) is 0.965. The van der Waals surface area contributed by atoms with E-state index in [9.17, 15) is 20.1 Å². The Balaban J connectivity index is 2.11. The van der Waals surface area contributed by atoms with Crippen LogP contribution in [0, 0.1) is 0 Å². The summed E-state index contributed by atoms with van der Waals surface area (Å²) in [6, 6.07) is 8.58. The molecule has 0 unspecified atom stereocenters. The summed E-state index contributed by atoms with van der Waals surface area (Å²) in [6.45, 7) is 0. The van der Waals surface area contributed by atoms with Crippen molar-refractivity contribution in [3.8, 4) is 23.0 Å². The van der Waals surface area contributed by atoms with Crippen LogP contribution in [-0.2, 0) is 6.42 Å². The summed E-state index contributed by atoms with van der Waals surface area (Å²) in [6.07, 6.45) is 0.599. The van der Waals surface area contributed by atoms with Crippen LogP contribution in [0.1, 0.15) is 22.3 Å². The van der Waals surface area contributed by atoms with Crippen molar-refractivity contribution in [2.24, 2.45) is 0 Å². The predicted octanol–water partition coefficient (Wildman–Crippen LogP) is 2.63. The summed E-state index contributed by atoms with van der Waals surface area (Å²) in [5, 5.41) is 28.3. The number of phenolic OH excluding ortho intramolecular Hbond substituents is 3. The molecule has 0 saturated heterocycles. The first kappa shape index (κ1) is 14.7. The Labute approximate surface area is 122 Å². The second kappa shape index (κ2) is 6.17. The molecule has 2 aromatic carbocycles. The van der Waals surface area contributed by atoms with Gasteiger partial charge in [-0.05, 0) is 30.2 Å². The van der Waals surface area contributed by atoms with Crippen molar-refractivity contribution in [2.75, 3.05) is 7.11 Å². The molecule has 0 saturated carbocycles. The standard InChI is InChI=1S/C16H16O5/c1-21-16-9-12(18)4-2-10(16)3-7-14(19)13-6-5-11(17)8-15(13)20/h2,4-6,8-9,17-18,20H,3,7H2,1H3. The molecule has 0 fully saturated rings. The molecule has 110 valence electrons. The summed E-state index contributed by atoms with van der Waals surface area (Å²) >= 11 is 0. The number of rotatable bonds is 5. The summed E-state index contributed by atoms with van der Waals surface area (Å²) in [4.78, 5) is 12.1. The number of ether oxygens (including phenoxy) is 1. The van der Waals surface area contributed by atoms with Crippen molar-refractivity contribution in [2.45, 2.75) is 12.8 Å². The molecule has 0 aliphatic heterocycles. The first-order chi connectivity index (χ1) is 10.0. The number of aromatic hydroxyl groups is 3. The van der Waals surface area contributed by atoms with E-state index < -0.39 is 0 Å². The van der Waals surface area contributed by atoms with E-state index in [4.69, 9.17) is 4.74 Å². The molecule has 0 aromatic heterocycles. The third-order valence-electron chi connectivity index (χ3n) is 3.17. The minimum atomic E-state index is -0.238. The quantitative estimate of drug-likeness (QED) is 0.736. The Kier molecular flexibility index (Phi) is 4.33. The lowest BCUT2D eigenvalue weighted by atomic mass is 10.0. The normalized spacial score (nSPS) is 10.3. The van der Waals surface area contributed by atoms with E-state index in [1.54, 1.807) is 6.07 Å². The topological polar surface area (TPSA) is 87.0 Å². The molecule has 0 aliphatic carbocycles. The Bertz CT molecular complexity index is 664. The van der Waals surface area contributed by atoms with Gasteiger partial charge in [-0.1, -0.05) is 6.07 Å². The van der Waals surface area contributed by atoms with Gasteiger partial charge in [-0.15, -0.1) is 0 Å². The SMILES string of the molecule is COc1cc(O)ccc1CCC(=O)c1ccc(O)cc1O. The second-order valence-corrected chi connectivity index (χ2v) is 4.62. The molecule has 0 heterocycles. The highest BCUT2D eigenvalue weighted by molar-refractivity contribution is 5.98. The van der Waals surface area contributed by atoms with Gasteiger partial charge in [0.25, 0.3) is 0 Å². The first-order valence-electron chi connectivity index (χ1n) is 6.42. The fraction of sp³-hybridized carbons (Fsp3) is 0.188. The highest BCUT2D eigenvalue weighted by Gasteiger charge is 2.13. The van der Waals surface area contributed by atoms with Crippen LogP contribution in [0.3, 0.4) is 0 Å². The number of benzene rings is 2. The van der Waals surface area contributed by atoms with E-state index in [1.165, 1.54) is 31.4 Å².